The van der Waals surface area contributed by atoms with Crippen molar-refractivity contribution in [1.82, 2.24) is 0 Å². The summed E-state index contributed by atoms with van der Waals surface area (Å²) in [5, 5.41) is 0. The van der Waals surface area contributed by atoms with Gasteiger partial charge in [0.25, 0.3) is 0 Å². The minimum Gasteiger partial charge on any atom is -0.497 e. The van der Waals surface area contributed by atoms with Crippen LogP contribution in [0.1, 0.15) is 78.0 Å². The molecule has 0 aliphatic heterocycles. The highest BCUT2D eigenvalue weighted by Gasteiger charge is 2.13. The van der Waals surface area contributed by atoms with E-state index in [1.807, 2.05) is 36.4 Å². The molecule has 0 aliphatic rings. The Balaban J connectivity index is 0.000000263. The van der Waals surface area contributed by atoms with Crippen LogP contribution in [0.4, 0.5) is 0 Å². The van der Waals surface area contributed by atoms with Gasteiger partial charge >= 0.3 is 0 Å². The van der Waals surface area contributed by atoms with E-state index < -0.39 is 0 Å². The number of methoxy groups -OCH3 is 3. The number of hydrogen-bond donors (Lipinski definition) is 0. The van der Waals surface area contributed by atoms with Crippen LogP contribution in [0.15, 0.2) is 72.8 Å². The molecule has 35 heavy (non-hydrogen) atoms. The Morgan fingerprint density at radius 3 is 0.914 bits per heavy atom. The summed E-state index contributed by atoms with van der Waals surface area (Å²) in [5.41, 5.74) is 4.48. The van der Waals surface area contributed by atoms with Gasteiger partial charge in [-0.3, -0.25) is 0 Å². The third kappa shape index (κ3) is 10.9. The molecule has 0 amide bonds. The van der Waals surface area contributed by atoms with Gasteiger partial charge in [0.1, 0.15) is 17.2 Å². The van der Waals surface area contributed by atoms with Crippen LogP contribution in [0.2, 0.25) is 0 Å². The number of rotatable bonds is 4. The topological polar surface area (TPSA) is 27.7 Å². The van der Waals surface area contributed by atoms with Crippen molar-refractivity contribution >= 4 is 0 Å². The fourth-order valence-corrected chi connectivity index (χ4v) is 3.17. The fourth-order valence-electron chi connectivity index (χ4n) is 3.17. The van der Waals surface area contributed by atoms with Crippen LogP contribution in [0.3, 0.4) is 0 Å². The Morgan fingerprint density at radius 1 is 0.457 bits per heavy atom. The standard InChI is InChI=1S/2C11H16O.C10H14O/c2*1-11(2,3)9-5-7-10(12-4)8-6-9;1-8(2)9-4-6-10(11-3)7-5-9/h2*5-8H,1-4H3;4-8H,1-3H3. The first kappa shape index (κ1) is 30.1. The highest BCUT2D eigenvalue weighted by molar-refractivity contribution is 5.32. The Hall–Kier alpha value is -2.94. The van der Waals surface area contributed by atoms with Crippen LogP contribution in [0, 0.1) is 0 Å². The van der Waals surface area contributed by atoms with E-state index in [9.17, 15) is 0 Å². The number of ether oxygens (including phenoxy) is 3. The van der Waals surface area contributed by atoms with E-state index in [-0.39, 0.29) is 10.8 Å². The molecule has 3 aromatic rings. The largest absolute Gasteiger partial charge is 0.497 e. The second-order valence-corrected chi connectivity index (χ2v) is 10.9. The molecule has 3 aromatic carbocycles. The smallest absolute Gasteiger partial charge is 0.118 e. The quantitative estimate of drug-likeness (QED) is 0.375. The third-order valence-electron chi connectivity index (χ3n) is 5.69. The lowest BCUT2D eigenvalue weighted by Gasteiger charge is -2.18. The zero-order valence-electron chi connectivity index (χ0n) is 23.7. The van der Waals surface area contributed by atoms with Crippen molar-refractivity contribution < 1.29 is 14.2 Å². The lowest BCUT2D eigenvalue weighted by Crippen LogP contribution is -2.10. The fraction of sp³-hybridized carbons (Fsp3) is 0.438. The molecule has 3 heteroatoms. The summed E-state index contributed by atoms with van der Waals surface area (Å²) in [4.78, 5) is 0. The highest BCUT2D eigenvalue weighted by atomic mass is 16.5. The maximum atomic E-state index is 5.08. The highest BCUT2D eigenvalue weighted by Crippen LogP contribution is 2.25. The molecule has 0 radical (unpaired) electrons. The second-order valence-electron chi connectivity index (χ2n) is 10.9. The van der Waals surface area contributed by atoms with E-state index in [1.54, 1.807) is 21.3 Å². The van der Waals surface area contributed by atoms with Gasteiger partial charge in [-0.2, -0.15) is 0 Å². The monoisotopic (exact) mass is 478 g/mol. The number of hydrogen-bond acceptors (Lipinski definition) is 3. The van der Waals surface area contributed by atoms with Crippen molar-refractivity contribution in [2.24, 2.45) is 0 Å². The predicted octanol–water partition coefficient (Wildman–Crippen LogP) is 8.80. The first-order chi connectivity index (χ1) is 16.3. The maximum Gasteiger partial charge on any atom is 0.118 e. The van der Waals surface area contributed by atoms with Crippen molar-refractivity contribution in [1.29, 1.82) is 0 Å². The Bertz CT molecular complexity index is 898. The van der Waals surface area contributed by atoms with Crippen molar-refractivity contribution in [2.75, 3.05) is 21.3 Å². The van der Waals surface area contributed by atoms with Crippen LogP contribution in [0.25, 0.3) is 0 Å². The first-order valence-corrected chi connectivity index (χ1v) is 12.2. The van der Waals surface area contributed by atoms with E-state index >= 15 is 0 Å². The molecule has 0 fully saturated rings. The van der Waals surface area contributed by atoms with Crippen LogP contribution < -0.4 is 14.2 Å². The summed E-state index contributed by atoms with van der Waals surface area (Å²) in [6.45, 7) is 17.6. The average Bonchev–Trinajstić information content (AvgIpc) is 2.84. The SMILES string of the molecule is COc1ccc(C(C)(C)C)cc1.COc1ccc(C(C)(C)C)cc1.COc1ccc(C(C)C)cc1. The third-order valence-corrected chi connectivity index (χ3v) is 5.69. The van der Waals surface area contributed by atoms with E-state index in [2.05, 4.69) is 91.8 Å². The molecule has 0 heterocycles. The first-order valence-electron chi connectivity index (χ1n) is 12.2. The molecule has 0 atom stereocenters. The Labute approximate surface area is 214 Å². The van der Waals surface area contributed by atoms with Gasteiger partial charge in [0.2, 0.25) is 0 Å². The van der Waals surface area contributed by atoms with E-state index in [0.29, 0.717) is 5.92 Å². The normalized spacial score (nSPS) is 11.0. The molecule has 3 nitrogen and oxygen atoms in total. The molecule has 0 N–H and O–H groups in total. The molecule has 192 valence electrons. The van der Waals surface area contributed by atoms with Gasteiger partial charge < -0.3 is 14.2 Å². The van der Waals surface area contributed by atoms with Gasteiger partial charge in [0, 0.05) is 0 Å². The van der Waals surface area contributed by atoms with Gasteiger partial charge in [-0.1, -0.05) is 91.8 Å². The van der Waals surface area contributed by atoms with Crippen molar-refractivity contribution in [3.8, 4) is 17.2 Å². The molecule has 0 aliphatic carbocycles. The molecule has 3 rings (SSSR count). The molecular weight excluding hydrogens is 432 g/mol. The van der Waals surface area contributed by atoms with Crippen molar-refractivity contribution in [2.45, 2.75) is 72.1 Å². The summed E-state index contributed by atoms with van der Waals surface area (Å²) in [6, 6.07) is 24.6. The summed E-state index contributed by atoms with van der Waals surface area (Å²) in [6.07, 6.45) is 0. The van der Waals surface area contributed by atoms with Gasteiger partial charge in [-0.25, -0.2) is 0 Å². The predicted molar refractivity (Wildman–Crippen MR) is 150 cm³/mol. The summed E-state index contributed by atoms with van der Waals surface area (Å²) in [7, 11) is 5.06. The molecule has 0 saturated heterocycles. The molecule has 0 spiro atoms. The van der Waals surface area contributed by atoms with E-state index in [0.717, 1.165) is 17.2 Å². The molecule has 0 saturated carbocycles. The second kappa shape index (κ2) is 13.8. The summed E-state index contributed by atoms with van der Waals surface area (Å²) >= 11 is 0. The Kier molecular flexibility index (Phi) is 11.9. The lowest BCUT2D eigenvalue weighted by molar-refractivity contribution is 0.414. The molecule has 0 bridgehead atoms. The maximum absolute atomic E-state index is 5.08. The minimum atomic E-state index is 0.228. The summed E-state index contributed by atoms with van der Waals surface area (Å²) in [5.74, 6) is 3.36. The zero-order chi connectivity index (χ0) is 26.6. The summed E-state index contributed by atoms with van der Waals surface area (Å²) < 4.78 is 15.2. The number of benzene rings is 3. The van der Waals surface area contributed by atoms with Crippen LogP contribution in [-0.2, 0) is 10.8 Å². The van der Waals surface area contributed by atoms with Crippen LogP contribution >= 0.6 is 0 Å². The van der Waals surface area contributed by atoms with Gasteiger partial charge in [0.05, 0.1) is 21.3 Å². The van der Waals surface area contributed by atoms with E-state index in [1.165, 1.54) is 16.7 Å². The van der Waals surface area contributed by atoms with Gasteiger partial charge in [-0.05, 0) is 69.8 Å². The van der Waals surface area contributed by atoms with Crippen molar-refractivity contribution in [3.63, 3.8) is 0 Å². The zero-order valence-corrected chi connectivity index (χ0v) is 23.7. The van der Waals surface area contributed by atoms with Gasteiger partial charge in [0.15, 0.2) is 0 Å². The minimum absolute atomic E-state index is 0.228. The van der Waals surface area contributed by atoms with E-state index in [4.69, 9.17) is 14.2 Å². The van der Waals surface area contributed by atoms with Gasteiger partial charge in [-0.15, -0.1) is 0 Å². The molecule has 0 unspecified atom stereocenters. The molecule has 0 aromatic heterocycles. The Morgan fingerprint density at radius 2 is 0.714 bits per heavy atom. The molecular formula is C32H46O3. The van der Waals surface area contributed by atoms with Crippen LogP contribution in [0.5, 0.6) is 17.2 Å². The average molecular weight is 479 g/mol. The van der Waals surface area contributed by atoms with Crippen molar-refractivity contribution in [3.05, 3.63) is 89.5 Å². The lowest BCUT2D eigenvalue weighted by atomic mass is 9.87. The van der Waals surface area contributed by atoms with Crippen LogP contribution in [-0.4, -0.2) is 21.3 Å².